The second-order valence-corrected chi connectivity index (χ2v) is 3.58. The van der Waals surface area contributed by atoms with Crippen LogP contribution in [0.4, 0.5) is 0 Å². The minimum atomic E-state index is -1.03. The zero-order chi connectivity index (χ0) is 9.19. The minimum absolute atomic E-state index is 0.183. The van der Waals surface area contributed by atoms with Gasteiger partial charge in [0.1, 0.15) is 6.04 Å². The molecule has 1 aliphatic rings. The lowest BCUT2D eigenvalue weighted by molar-refractivity contribution is -0.140. The topological polar surface area (TPSA) is 83.5 Å². The summed E-state index contributed by atoms with van der Waals surface area (Å²) in [5, 5.41) is 18.3. The molecule has 0 radical (unpaired) electrons. The molecule has 0 aromatic rings. The van der Waals surface area contributed by atoms with E-state index in [2.05, 4.69) is 0 Å². The van der Waals surface area contributed by atoms with Gasteiger partial charge in [0, 0.05) is 6.42 Å². The molecular weight excluding hydrogens is 158 g/mol. The van der Waals surface area contributed by atoms with Gasteiger partial charge in [0.25, 0.3) is 0 Å². The van der Waals surface area contributed by atoms with E-state index in [1.165, 1.54) is 0 Å². The smallest absolute Gasteiger partial charge is 0.320 e. The van der Waals surface area contributed by atoms with Crippen molar-refractivity contribution in [2.45, 2.75) is 43.7 Å². The third kappa shape index (κ3) is 2.19. The number of carboxylic acids is 1. The molecule has 1 aliphatic carbocycles. The van der Waals surface area contributed by atoms with Crippen molar-refractivity contribution in [2.24, 2.45) is 5.73 Å². The number of nitrogens with two attached hydrogens (primary N) is 1. The van der Waals surface area contributed by atoms with E-state index in [1.54, 1.807) is 0 Å². The lowest BCUT2D eigenvalue weighted by Crippen LogP contribution is -2.39. The number of carbonyl (C=O) groups is 1. The highest BCUT2D eigenvalue weighted by atomic mass is 16.4. The van der Waals surface area contributed by atoms with E-state index in [-0.39, 0.29) is 6.42 Å². The number of aliphatic carboxylic acids is 1. The molecular formula is C8H15NO3. The molecule has 4 nitrogen and oxygen atoms in total. The van der Waals surface area contributed by atoms with Crippen molar-refractivity contribution >= 4 is 5.97 Å². The van der Waals surface area contributed by atoms with Gasteiger partial charge < -0.3 is 15.9 Å². The van der Waals surface area contributed by atoms with Gasteiger partial charge in [0.15, 0.2) is 0 Å². The van der Waals surface area contributed by atoms with Crippen LogP contribution in [-0.4, -0.2) is 27.8 Å². The van der Waals surface area contributed by atoms with Crippen LogP contribution in [0.15, 0.2) is 0 Å². The van der Waals surface area contributed by atoms with E-state index in [4.69, 9.17) is 10.8 Å². The summed E-state index contributed by atoms with van der Waals surface area (Å²) in [5.74, 6) is -1.03. The van der Waals surface area contributed by atoms with Crippen LogP contribution in [0, 0.1) is 0 Å². The first-order valence-electron chi connectivity index (χ1n) is 4.24. The molecule has 1 unspecified atom stereocenters. The Morgan fingerprint density at radius 1 is 1.50 bits per heavy atom. The standard InChI is InChI=1S/C8H15NO3/c9-6(7(10)11)5-8(12)3-1-2-4-8/h6,12H,1-5,9H2,(H,10,11). The van der Waals surface area contributed by atoms with E-state index in [9.17, 15) is 9.90 Å². The van der Waals surface area contributed by atoms with Gasteiger partial charge in [-0.25, -0.2) is 0 Å². The third-order valence-corrected chi connectivity index (χ3v) is 2.45. The third-order valence-electron chi connectivity index (χ3n) is 2.45. The van der Waals surface area contributed by atoms with Gasteiger partial charge in [0.05, 0.1) is 5.60 Å². The van der Waals surface area contributed by atoms with Gasteiger partial charge in [0.2, 0.25) is 0 Å². The molecule has 1 fully saturated rings. The number of hydrogen-bond acceptors (Lipinski definition) is 3. The molecule has 70 valence electrons. The maximum atomic E-state index is 10.4. The van der Waals surface area contributed by atoms with E-state index in [1.807, 2.05) is 0 Å². The SMILES string of the molecule is NC(CC1(O)CCCC1)C(=O)O. The summed E-state index contributed by atoms with van der Waals surface area (Å²) in [6.07, 6.45) is 3.51. The van der Waals surface area contributed by atoms with E-state index in [0.717, 1.165) is 12.8 Å². The van der Waals surface area contributed by atoms with E-state index < -0.39 is 17.6 Å². The van der Waals surface area contributed by atoms with Crippen LogP contribution in [-0.2, 0) is 4.79 Å². The summed E-state index contributed by atoms with van der Waals surface area (Å²) in [6, 6.07) is -0.923. The van der Waals surface area contributed by atoms with Crippen molar-refractivity contribution in [3.8, 4) is 0 Å². The average Bonchev–Trinajstić information content (AvgIpc) is 2.35. The van der Waals surface area contributed by atoms with Gasteiger partial charge in [-0.2, -0.15) is 0 Å². The Bertz CT molecular complexity index is 175. The van der Waals surface area contributed by atoms with Gasteiger partial charge in [-0.1, -0.05) is 12.8 Å². The monoisotopic (exact) mass is 173 g/mol. The van der Waals surface area contributed by atoms with Crippen molar-refractivity contribution in [1.29, 1.82) is 0 Å². The van der Waals surface area contributed by atoms with Crippen LogP contribution in [0.2, 0.25) is 0 Å². The normalized spacial score (nSPS) is 23.8. The Labute approximate surface area is 71.4 Å². The summed E-state index contributed by atoms with van der Waals surface area (Å²) in [6.45, 7) is 0. The minimum Gasteiger partial charge on any atom is -0.480 e. The number of rotatable bonds is 3. The first-order chi connectivity index (χ1) is 5.53. The largest absolute Gasteiger partial charge is 0.480 e. The maximum absolute atomic E-state index is 10.4. The zero-order valence-electron chi connectivity index (χ0n) is 6.99. The molecule has 0 heterocycles. The van der Waals surface area contributed by atoms with Gasteiger partial charge in [-0.05, 0) is 12.8 Å². The Hall–Kier alpha value is -0.610. The molecule has 0 bridgehead atoms. The summed E-state index contributed by atoms with van der Waals surface area (Å²) < 4.78 is 0. The van der Waals surface area contributed by atoms with Crippen LogP contribution < -0.4 is 5.73 Å². The molecule has 0 saturated heterocycles. The molecule has 1 rings (SSSR count). The van der Waals surface area contributed by atoms with Crippen LogP contribution in [0.1, 0.15) is 32.1 Å². The molecule has 0 spiro atoms. The summed E-state index contributed by atoms with van der Waals surface area (Å²) in [4.78, 5) is 10.4. The van der Waals surface area contributed by atoms with Crippen molar-refractivity contribution in [2.75, 3.05) is 0 Å². The second kappa shape index (κ2) is 3.41. The molecule has 12 heavy (non-hydrogen) atoms. The van der Waals surface area contributed by atoms with Crippen molar-refractivity contribution < 1.29 is 15.0 Å². The van der Waals surface area contributed by atoms with E-state index >= 15 is 0 Å². The maximum Gasteiger partial charge on any atom is 0.320 e. The van der Waals surface area contributed by atoms with Crippen LogP contribution in [0.5, 0.6) is 0 Å². The lowest BCUT2D eigenvalue weighted by Gasteiger charge is -2.23. The summed E-state index contributed by atoms with van der Waals surface area (Å²) in [7, 11) is 0. The quantitative estimate of drug-likeness (QED) is 0.565. The fourth-order valence-electron chi connectivity index (χ4n) is 1.73. The van der Waals surface area contributed by atoms with Crippen molar-refractivity contribution in [1.82, 2.24) is 0 Å². The molecule has 4 N–H and O–H groups in total. The second-order valence-electron chi connectivity index (χ2n) is 3.58. The van der Waals surface area contributed by atoms with Crippen LogP contribution in [0.25, 0.3) is 0 Å². The molecule has 1 saturated carbocycles. The van der Waals surface area contributed by atoms with Gasteiger partial charge >= 0.3 is 5.97 Å². The molecule has 4 heteroatoms. The first-order valence-corrected chi connectivity index (χ1v) is 4.24. The predicted octanol–water partition coefficient (Wildman–Crippen LogP) is 0.0935. The Morgan fingerprint density at radius 2 is 2.00 bits per heavy atom. The molecule has 1 atom stereocenters. The number of hydrogen-bond donors (Lipinski definition) is 3. The lowest BCUT2D eigenvalue weighted by atomic mass is 9.94. The first kappa shape index (κ1) is 9.48. The fraction of sp³-hybridized carbons (Fsp3) is 0.875. The van der Waals surface area contributed by atoms with Crippen molar-refractivity contribution in [3.05, 3.63) is 0 Å². The molecule has 0 aromatic carbocycles. The van der Waals surface area contributed by atoms with Crippen LogP contribution in [0.3, 0.4) is 0 Å². The van der Waals surface area contributed by atoms with Crippen LogP contribution >= 0.6 is 0 Å². The Kier molecular flexibility index (Phi) is 2.69. The highest BCUT2D eigenvalue weighted by molar-refractivity contribution is 5.73. The van der Waals surface area contributed by atoms with Gasteiger partial charge in [-0.3, -0.25) is 4.79 Å². The average molecular weight is 173 g/mol. The Balaban J connectivity index is 2.43. The molecule has 0 aliphatic heterocycles. The fourth-order valence-corrected chi connectivity index (χ4v) is 1.73. The summed E-state index contributed by atoms with van der Waals surface area (Å²) >= 11 is 0. The molecule has 0 amide bonds. The zero-order valence-corrected chi connectivity index (χ0v) is 6.99. The Morgan fingerprint density at radius 3 is 2.42 bits per heavy atom. The molecule has 0 aromatic heterocycles. The van der Waals surface area contributed by atoms with E-state index in [0.29, 0.717) is 12.8 Å². The van der Waals surface area contributed by atoms with Gasteiger partial charge in [-0.15, -0.1) is 0 Å². The van der Waals surface area contributed by atoms with Crippen molar-refractivity contribution in [3.63, 3.8) is 0 Å². The summed E-state index contributed by atoms with van der Waals surface area (Å²) in [5.41, 5.74) is 4.51. The number of aliphatic hydroxyl groups is 1. The highest BCUT2D eigenvalue weighted by Crippen LogP contribution is 2.32. The predicted molar refractivity (Wildman–Crippen MR) is 43.6 cm³/mol. The number of carboxylic acid groups (broad SMARTS) is 1. The highest BCUT2D eigenvalue weighted by Gasteiger charge is 2.34.